The lowest BCUT2D eigenvalue weighted by Crippen LogP contribution is -1.85. The molecule has 3 aromatic heterocycles. The molecule has 0 spiro atoms. The van der Waals surface area contributed by atoms with Gasteiger partial charge in [-0.15, -0.1) is 22.7 Å². The molecule has 0 fully saturated rings. The third kappa shape index (κ3) is 3.22. The van der Waals surface area contributed by atoms with Crippen molar-refractivity contribution in [3.05, 3.63) is 67.0 Å². The number of benzene rings is 2. The van der Waals surface area contributed by atoms with Crippen LogP contribution in [0, 0.1) is 13.8 Å². The molecule has 5 aromatic rings. The summed E-state index contributed by atoms with van der Waals surface area (Å²) in [4.78, 5) is 10.6. The smallest absolute Gasteiger partial charge is 0.142 e. The van der Waals surface area contributed by atoms with Crippen LogP contribution in [0.1, 0.15) is 9.75 Å². The van der Waals surface area contributed by atoms with E-state index in [1.807, 2.05) is 56.3 Å². The van der Waals surface area contributed by atoms with E-state index < -0.39 is 0 Å². The van der Waals surface area contributed by atoms with Gasteiger partial charge in [-0.05, 0) is 42.8 Å². The summed E-state index contributed by atoms with van der Waals surface area (Å²) in [7, 11) is 0. The molecular formula is C23H16Cl2N2OS2. The van der Waals surface area contributed by atoms with Crippen LogP contribution in [0.3, 0.4) is 0 Å². The predicted octanol–water partition coefficient (Wildman–Crippen LogP) is 8.32. The lowest BCUT2D eigenvalue weighted by molar-refractivity contribution is 0.477. The van der Waals surface area contributed by atoms with Gasteiger partial charge in [-0.25, -0.2) is 4.98 Å². The first kappa shape index (κ1) is 19.6. The highest BCUT2D eigenvalue weighted by atomic mass is 35.5. The topological polar surface area (TPSA) is 48.9 Å². The van der Waals surface area contributed by atoms with Crippen LogP contribution in [0.25, 0.3) is 44.7 Å². The van der Waals surface area contributed by atoms with E-state index in [0.29, 0.717) is 15.7 Å². The maximum absolute atomic E-state index is 10.7. The minimum Gasteiger partial charge on any atom is -0.507 e. The average molecular weight is 471 g/mol. The van der Waals surface area contributed by atoms with E-state index >= 15 is 0 Å². The number of H-pyrrole nitrogens is 1. The van der Waals surface area contributed by atoms with Gasteiger partial charge in [-0.3, -0.25) is 0 Å². The lowest BCUT2D eigenvalue weighted by Gasteiger charge is -2.06. The van der Waals surface area contributed by atoms with Crippen LogP contribution in [-0.2, 0) is 0 Å². The Morgan fingerprint density at radius 1 is 0.900 bits per heavy atom. The zero-order valence-electron chi connectivity index (χ0n) is 16.1. The molecule has 0 atom stereocenters. The number of nitrogens with one attached hydrogen (secondary N) is 1. The molecule has 30 heavy (non-hydrogen) atoms. The molecule has 3 heterocycles. The molecule has 0 unspecified atom stereocenters. The SMILES string of the molecule is Cc1sc(Cl)cc1-c1nc(-c2c(O)ccc3ccccc23)[nH]c1-c1cc(Cl)sc1C. The molecule has 2 N–H and O–H groups in total. The number of imidazole rings is 1. The first-order valence-corrected chi connectivity index (χ1v) is 11.6. The number of aromatic nitrogens is 2. The van der Waals surface area contributed by atoms with Crippen molar-refractivity contribution in [3.63, 3.8) is 0 Å². The fourth-order valence-electron chi connectivity index (χ4n) is 3.77. The summed E-state index contributed by atoms with van der Waals surface area (Å²) in [5.41, 5.74) is 4.33. The summed E-state index contributed by atoms with van der Waals surface area (Å²) >= 11 is 15.7. The van der Waals surface area contributed by atoms with E-state index in [4.69, 9.17) is 28.2 Å². The van der Waals surface area contributed by atoms with Gasteiger partial charge in [0.25, 0.3) is 0 Å². The molecule has 0 amide bonds. The predicted molar refractivity (Wildman–Crippen MR) is 129 cm³/mol. The Balaban J connectivity index is 1.83. The Labute approximate surface area is 191 Å². The van der Waals surface area contributed by atoms with Gasteiger partial charge in [0.2, 0.25) is 0 Å². The molecule has 5 rings (SSSR count). The zero-order valence-corrected chi connectivity index (χ0v) is 19.2. The average Bonchev–Trinajstić information content (AvgIpc) is 3.37. The largest absolute Gasteiger partial charge is 0.507 e. The molecule has 150 valence electrons. The van der Waals surface area contributed by atoms with Crippen molar-refractivity contribution in [1.82, 2.24) is 9.97 Å². The van der Waals surface area contributed by atoms with Crippen LogP contribution in [0.2, 0.25) is 8.67 Å². The van der Waals surface area contributed by atoms with E-state index in [9.17, 15) is 5.11 Å². The number of hydrogen-bond donors (Lipinski definition) is 2. The monoisotopic (exact) mass is 470 g/mol. The number of phenolic OH excluding ortho intramolecular Hbond substituents is 1. The van der Waals surface area contributed by atoms with Crippen molar-refractivity contribution in [2.45, 2.75) is 13.8 Å². The van der Waals surface area contributed by atoms with Crippen molar-refractivity contribution >= 4 is 56.6 Å². The van der Waals surface area contributed by atoms with Crippen LogP contribution >= 0.6 is 45.9 Å². The summed E-state index contributed by atoms with van der Waals surface area (Å²) in [5.74, 6) is 0.790. The third-order valence-electron chi connectivity index (χ3n) is 5.15. The van der Waals surface area contributed by atoms with Crippen LogP contribution in [0.4, 0.5) is 0 Å². The normalized spacial score (nSPS) is 11.5. The maximum atomic E-state index is 10.7. The Morgan fingerprint density at radius 3 is 2.23 bits per heavy atom. The van der Waals surface area contributed by atoms with Gasteiger partial charge in [-0.2, -0.15) is 0 Å². The Kier molecular flexibility index (Phi) is 4.86. The van der Waals surface area contributed by atoms with Crippen LogP contribution in [-0.4, -0.2) is 15.1 Å². The molecule has 0 bridgehead atoms. The standard InChI is InChI=1S/C23H16Cl2N2OS2/c1-11-15(9-18(24)29-11)21-22(16-10-19(25)30-12(16)2)27-23(26-21)20-14-6-4-3-5-13(14)7-8-17(20)28/h3-10,28H,1-2H3,(H,26,27). The van der Waals surface area contributed by atoms with E-state index in [2.05, 4.69) is 4.98 Å². The highest BCUT2D eigenvalue weighted by molar-refractivity contribution is 7.17. The van der Waals surface area contributed by atoms with Crippen molar-refractivity contribution in [3.8, 4) is 39.7 Å². The van der Waals surface area contributed by atoms with Crippen molar-refractivity contribution in [1.29, 1.82) is 0 Å². The second-order valence-corrected chi connectivity index (χ2v) is 10.8. The van der Waals surface area contributed by atoms with E-state index in [1.165, 1.54) is 22.7 Å². The van der Waals surface area contributed by atoms with E-state index in [0.717, 1.165) is 47.4 Å². The van der Waals surface area contributed by atoms with Gasteiger partial charge < -0.3 is 10.1 Å². The summed E-state index contributed by atoms with van der Waals surface area (Å²) in [5, 5.41) is 12.7. The molecule has 0 aliphatic carbocycles. The second-order valence-electron chi connectivity index (χ2n) is 7.03. The number of rotatable bonds is 3. The summed E-state index contributed by atoms with van der Waals surface area (Å²) < 4.78 is 1.43. The fourth-order valence-corrected chi connectivity index (χ4v) is 6.15. The van der Waals surface area contributed by atoms with Gasteiger partial charge in [0.05, 0.1) is 25.6 Å². The molecule has 3 nitrogen and oxygen atoms in total. The summed E-state index contributed by atoms with van der Waals surface area (Å²) in [6, 6.07) is 15.5. The van der Waals surface area contributed by atoms with Crippen molar-refractivity contribution in [2.24, 2.45) is 0 Å². The number of thiophene rings is 2. The Hall–Kier alpha value is -2.31. The number of halogens is 2. The number of hydrogen-bond acceptors (Lipinski definition) is 4. The number of aromatic hydroxyl groups is 1. The number of nitrogens with zero attached hydrogens (tertiary/aromatic N) is 1. The van der Waals surface area contributed by atoms with Crippen LogP contribution in [0.15, 0.2) is 48.5 Å². The van der Waals surface area contributed by atoms with Gasteiger partial charge >= 0.3 is 0 Å². The van der Waals surface area contributed by atoms with Gasteiger partial charge in [0.15, 0.2) is 0 Å². The molecule has 2 aromatic carbocycles. The molecule has 0 aliphatic heterocycles. The molecule has 0 saturated carbocycles. The lowest BCUT2D eigenvalue weighted by atomic mass is 10.0. The van der Waals surface area contributed by atoms with E-state index in [-0.39, 0.29) is 5.75 Å². The first-order chi connectivity index (χ1) is 14.4. The summed E-state index contributed by atoms with van der Waals surface area (Å²) in [6.45, 7) is 4.08. The first-order valence-electron chi connectivity index (χ1n) is 9.26. The van der Waals surface area contributed by atoms with Gasteiger partial charge in [-0.1, -0.05) is 53.5 Å². The molecule has 0 aliphatic rings. The van der Waals surface area contributed by atoms with Crippen molar-refractivity contribution in [2.75, 3.05) is 0 Å². The van der Waals surface area contributed by atoms with Crippen LogP contribution in [0.5, 0.6) is 5.75 Å². The molecule has 0 radical (unpaired) electrons. The maximum Gasteiger partial charge on any atom is 0.142 e. The molecule has 7 heteroatoms. The molecule has 0 saturated heterocycles. The Bertz CT molecular complexity index is 1350. The quantitative estimate of drug-likeness (QED) is 0.278. The van der Waals surface area contributed by atoms with Crippen LogP contribution < -0.4 is 0 Å². The molecular weight excluding hydrogens is 455 g/mol. The minimum atomic E-state index is 0.181. The van der Waals surface area contributed by atoms with E-state index in [1.54, 1.807) is 6.07 Å². The summed E-state index contributed by atoms with van der Waals surface area (Å²) in [6.07, 6.45) is 0. The second kappa shape index (κ2) is 7.43. The highest BCUT2D eigenvalue weighted by Gasteiger charge is 2.23. The fraction of sp³-hybridized carbons (Fsp3) is 0.0870. The third-order valence-corrected chi connectivity index (χ3v) is 7.51. The van der Waals surface area contributed by atoms with Gasteiger partial charge in [0, 0.05) is 20.9 Å². The van der Waals surface area contributed by atoms with Gasteiger partial charge in [0.1, 0.15) is 11.6 Å². The minimum absolute atomic E-state index is 0.181. The number of fused-ring (bicyclic) bond motifs is 1. The number of aromatic amines is 1. The Morgan fingerprint density at radius 2 is 1.57 bits per heavy atom. The number of phenols is 1. The highest BCUT2D eigenvalue weighted by Crippen LogP contribution is 2.44. The number of aryl methyl sites for hydroxylation is 2. The zero-order chi connectivity index (χ0) is 21.0. The van der Waals surface area contributed by atoms with Crippen molar-refractivity contribution < 1.29 is 5.11 Å².